The van der Waals surface area contributed by atoms with Crippen LogP contribution in [0.25, 0.3) is 0 Å². The van der Waals surface area contributed by atoms with Crippen molar-refractivity contribution in [3.63, 3.8) is 0 Å². The number of nitrogens with zero attached hydrogens (tertiary/aromatic N) is 2. The fourth-order valence-corrected chi connectivity index (χ4v) is 3.99. The van der Waals surface area contributed by atoms with Crippen molar-refractivity contribution in [1.82, 2.24) is 9.80 Å². The number of hydrogen-bond donors (Lipinski definition) is 1. The van der Waals surface area contributed by atoms with Crippen molar-refractivity contribution in [2.45, 2.75) is 58.5 Å². The van der Waals surface area contributed by atoms with Gasteiger partial charge < -0.3 is 10.6 Å². The van der Waals surface area contributed by atoms with E-state index in [9.17, 15) is 0 Å². The second kappa shape index (κ2) is 7.05. The summed E-state index contributed by atoms with van der Waals surface area (Å²) in [6.07, 6.45) is 3.85. The Balaban J connectivity index is 2.85. The molecule has 19 heavy (non-hydrogen) atoms. The van der Waals surface area contributed by atoms with E-state index in [1.165, 1.54) is 19.3 Å². The maximum Gasteiger partial charge on any atom is 0.0337 e. The van der Waals surface area contributed by atoms with Crippen molar-refractivity contribution < 1.29 is 0 Å². The van der Waals surface area contributed by atoms with E-state index in [-0.39, 0.29) is 5.54 Å². The highest BCUT2D eigenvalue weighted by Crippen LogP contribution is 2.40. The number of likely N-dealkylation sites (N-methyl/N-ethyl adjacent to an activating group) is 2. The fourth-order valence-electron chi connectivity index (χ4n) is 3.99. The van der Waals surface area contributed by atoms with Gasteiger partial charge in [0.25, 0.3) is 0 Å². The third kappa shape index (κ3) is 3.93. The van der Waals surface area contributed by atoms with Gasteiger partial charge in [-0.05, 0) is 58.7 Å². The van der Waals surface area contributed by atoms with Crippen molar-refractivity contribution in [3.05, 3.63) is 0 Å². The van der Waals surface area contributed by atoms with Gasteiger partial charge in [-0.3, -0.25) is 4.90 Å². The molecule has 0 aromatic heterocycles. The van der Waals surface area contributed by atoms with Gasteiger partial charge in [-0.15, -0.1) is 0 Å². The molecule has 0 aliphatic heterocycles. The standard InChI is InChI=1S/C16H35N3/c1-7-19(15(4)11-18(5)6)16(12-17)9-8-13(2)14(3)10-16/h13-15H,7-12,17H2,1-6H3. The van der Waals surface area contributed by atoms with Gasteiger partial charge in [0.05, 0.1) is 0 Å². The molecule has 1 aliphatic carbocycles. The maximum atomic E-state index is 6.24. The van der Waals surface area contributed by atoms with Gasteiger partial charge >= 0.3 is 0 Å². The van der Waals surface area contributed by atoms with Crippen molar-refractivity contribution in [1.29, 1.82) is 0 Å². The van der Waals surface area contributed by atoms with Gasteiger partial charge in [0.15, 0.2) is 0 Å². The normalized spacial score (nSPS) is 33.9. The molecular formula is C16H35N3. The Labute approximate surface area is 120 Å². The third-order valence-corrected chi connectivity index (χ3v) is 5.23. The average molecular weight is 269 g/mol. The summed E-state index contributed by atoms with van der Waals surface area (Å²) in [5.74, 6) is 1.64. The molecule has 0 aromatic carbocycles. The van der Waals surface area contributed by atoms with Crippen molar-refractivity contribution >= 4 is 0 Å². The van der Waals surface area contributed by atoms with E-state index in [2.05, 4.69) is 51.6 Å². The van der Waals surface area contributed by atoms with Crippen LogP contribution in [-0.2, 0) is 0 Å². The molecule has 0 aromatic rings. The van der Waals surface area contributed by atoms with E-state index in [1.807, 2.05) is 0 Å². The van der Waals surface area contributed by atoms with Crippen LogP contribution in [0.4, 0.5) is 0 Å². The van der Waals surface area contributed by atoms with Crippen LogP contribution in [0.2, 0.25) is 0 Å². The first-order chi connectivity index (χ1) is 8.86. The summed E-state index contributed by atoms with van der Waals surface area (Å²) >= 11 is 0. The summed E-state index contributed by atoms with van der Waals surface area (Å²) in [5, 5.41) is 0. The van der Waals surface area contributed by atoms with E-state index >= 15 is 0 Å². The Hall–Kier alpha value is -0.120. The first-order valence-electron chi connectivity index (χ1n) is 7.97. The molecule has 0 radical (unpaired) electrons. The second-order valence-corrected chi connectivity index (χ2v) is 7.02. The topological polar surface area (TPSA) is 32.5 Å². The molecule has 0 saturated heterocycles. The summed E-state index contributed by atoms with van der Waals surface area (Å²) in [6.45, 7) is 12.4. The highest BCUT2D eigenvalue weighted by atomic mass is 15.3. The summed E-state index contributed by atoms with van der Waals surface area (Å²) in [7, 11) is 4.32. The molecule has 3 heteroatoms. The zero-order valence-corrected chi connectivity index (χ0v) is 13.9. The van der Waals surface area contributed by atoms with Gasteiger partial charge in [-0.2, -0.15) is 0 Å². The van der Waals surface area contributed by atoms with Crippen molar-refractivity contribution in [3.8, 4) is 0 Å². The van der Waals surface area contributed by atoms with Crippen LogP contribution in [0.3, 0.4) is 0 Å². The monoisotopic (exact) mass is 269 g/mol. The number of rotatable bonds is 6. The zero-order chi connectivity index (χ0) is 14.6. The third-order valence-electron chi connectivity index (χ3n) is 5.23. The molecule has 1 saturated carbocycles. The highest BCUT2D eigenvalue weighted by molar-refractivity contribution is 4.99. The highest BCUT2D eigenvalue weighted by Gasteiger charge is 2.42. The molecule has 1 rings (SSSR count). The van der Waals surface area contributed by atoms with E-state index in [0.29, 0.717) is 6.04 Å². The lowest BCUT2D eigenvalue weighted by molar-refractivity contribution is -0.00695. The van der Waals surface area contributed by atoms with Crippen LogP contribution in [-0.4, -0.2) is 55.1 Å². The Morgan fingerprint density at radius 2 is 1.89 bits per heavy atom. The molecule has 0 bridgehead atoms. The summed E-state index contributed by atoms with van der Waals surface area (Å²) in [5.41, 5.74) is 6.47. The lowest BCUT2D eigenvalue weighted by Gasteiger charge is -2.52. The molecule has 114 valence electrons. The molecule has 4 atom stereocenters. The van der Waals surface area contributed by atoms with E-state index in [1.54, 1.807) is 0 Å². The SMILES string of the molecule is CCN(C(C)CN(C)C)C1(CN)CCC(C)C(C)C1. The van der Waals surface area contributed by atoms with Crippen LogP contribution in [0.5, 0.6) is 0 Å². The van der Waals surface area contributed by atoms with Gasteiger partial charge in [0, 0.05) is 24.7 Å². The zero-order valence-electron chi connectivity index (χ0n) is 13.9. The minimum Gasteiger partial charge on any atom is -0.329 e. The molecular weight excluding hydrogens is 234 g/mol. The molecule has 0 amide bonds. The number of nitrogens with two attached hydrogens (primary N) is 1. The van der Waals surface area contributed by atoms with Crippen LogP contribution in [0.1, 0.15) is 47.0 Å². The molecule has 4 unspecified atom stereocenters. The Morgan fingerprint density at radius 1 is 1.26 bits per heavy atom. The van der Waals surface area contributed by atoms with Gasteiger partial charge in [-0.25, -0.2) is 0 Å². The second-order valence-electron chi connectivity index (χ2n) is 7.02. The lowest BCUT2D eigenvalue weighted by atomic mass is 9.70. The van der Waals surface area contributed by atoms with E-state index in [0.717, 1.165) is 31.5 Å². The predicted molar refractivity (Wildman–Crippen MR) is 84.4 cm³/mol. The van der Waals surface area contributed by atoms with Gasteiger partial charge in [0.2, 0.25) is 0 Å². The Morgan fingerprint density at radius 3 is 2.32 bits per heavy atom. The van der Waals surface area contributed by atoms with Crippen LogP contribution in [0, 0.1) is 11.8 Å². The van der Waals surface area contributed by atoms with Gasteiger partial charge in [0.1, 0.15) is 0 Å². The summed E-state index contributed by atoms with van der Waals surface area (Å²) < 4.78 is 0. The molecule has 3 nitrogen and oxygen atoms in total. The van der Waals surface area contributed by atoms with E-state index in [4.69, 9.17) is 5.73 Å². The minimum absolute atomic E-state index is 0.232. The minimum atomic E-state index is 0.232. The van der Waals surface area contributed by atoms with E-state index < -0.39 is 0 Å². The Kier molecular flexibility index (Phi) is 6.28. The number of hydrogen-bond acceptors (Lipinski definition) is 3. The fraction of sp³-hybridized carbons (Fsp3) is 1.00. The molecule has 2 N–H and O–H groups in total. The quantitative estimate of drug-likeness (QED) is 0.804. The maximum absolute atomic E-state index is 6.24. The first-order valence-corrected chi connectivity index (χ1v) is 7.97. The van der Waals surface area contributed by atoms with Crippen LogP contribution in [0.15, 0.2) is 0 Å². The van der Waals surface area contributed by atoms with Crippen molar-refractivity contribution in [2.24, 2.45) is 17.6 Å². The first kappa shape index (κ1) is 16.9. The molecule has 0 spiro atoms. The average Bonchev–Trinajstić information content (AvgIpc) is 2.33. The predicted octanol–water partition coefficient (Wildman–Crippen LogP) is 2.41. The summed E-state index contributed by atoms with van der Waals surface area (Å²) in [6, 6.07) is 0.573. The molecule has 1 fully saturated rings. The van der Waals surface area contributed by atoms with Crippen molar-refractivity contribution in [2.75, 3.05) is 33.7 Å². The smallest absolute Gasteiger partial charge is 0.0337 e. The van der Waals surface area contributed by atoms with Crippen LogP contribution >= 0.6 is 0 Å². The molecule has 1 aliphatic rings. The van der Waals surface area contributed by atoms with Gasteiger partial charge in [-0.1, -0.05) is 20.8 Å². The van der Waals surface area contributed by atoms with Crippen LogP contribution < -0.4 is 5.73 Å². The molecule has 0 heterocycles. The summed E-state index contributed by atoms with van der Waals surface area (Å²) in [4.78, 5) is 4.96. The Bertz CT molecular complexity index is 267. The lowest BCUT2D eigenvalue weighted by Crippen LogP contribution is -2.61. The largest absolute Gasteiger partial charge is 0.329 e.